The first-order valence-electron chi connectivity index (χ1n) is 19.3. The van der Waals surface area contributed by atoms with Gasteiger partial charge in [0.2, 0.25) is 0 Å². The molecule has 11 rings (SSSR count). The number of rotatable bonds is 6. The van der Waals surface area contributed by atoms with E-state index >= 15 is 0 Å². The van der Waals surface area contributed by atoms with Crippen molar-refractivity contribution in [3.63, 3.8) is 0 Å². The Bertz CT molecular complexity index is 3220. The van der Waals surface area contributed by atoms with Gasteiger partial charge in [-0.15, -0.1) is 11.3 Å². The van der Waals surface area contributed by atoms with Crippen molar-refractivity contribution in [3.8, 4) is 67.3 Å². The molecule has 3 heteroatoms. The van der Waals surface area contributed by atoms with E-state index in [4.69, 9.17) is 9.97 Å². The number of nitrogens with zero attached hydrogens (tertiary/aromatic N) is 2. The molecule has 2 nitrogen and oxygen atoms in total. The summed E-state index contributed by atoms with van der Waals surface area (Å²) in [6.45, 7) is 0. The lowest BCUT2D eigenvalue weighted by molar-refractivity contribution is 1.18. The molecule has 0 saturated carbocycles. The Hall–Kier alpha value is -7.20. The van der Waals surface area contributed by atoms with Gasteiger partial charge in [-0.2, -0.15) is 0 Å². The van der Waals surface area contributed by atoms with E-state index in [1.54, 1.807) is 0 Å². The molecule has 0 amide bonds. The summed E-state index contributed by atoms with van der Waals surface area (Å²) in [7, 11) is 0. The second kappa shape index (κ2) is 13.8. The van der Waals surface area contributed by atoms with Gasteiger partial charge < -0.3 is 0 Å². The van der Waals surface area contributed by atoms with Crippen LogP contribution in [0.25, 0.3) is 109 Å². The number of aromatic nitrogens is 2. The fraction of sp³-hybridized carbons (Fsp3) is 0. The fourth-order valence-corrected chi connectivity index (χ4v) is 9.21. The van der Waals surface area contributed by atoms with Gasteiger partial charge in [0.25, 0.3) is 0 Å². The molecule has 0 N–H and O–H groups in total. The van der Waals surface area contributed by atoms with E-state index < -0.39 is 0 Å². The summed E-state index contributed by atoms with van der Waals surface area (Å²) in [5.41, 5.74) is 11.9. The number of thiophene rings is 1. The van der Waals surface area contributed by atoms with Gasteiger partial charge in [-0.25, -0.2) is 9.97 Å². The third kappa shape index (κ3) is 6.15. The van der Waals surface area contributed by atoms with E-state index in [1.807, 2.05) is 35.6 Å². The van der Waals surface area contributed by atoms with Crippen molar-refractivity contribution in [2.75, 3.05) is 0 Å². The summed E-state index contributed by atoms with van der Waals surface area (Å²) >= 11 is 1.85. The summed E-state index contributed by atoms with van der Waals surface area (Å²) in [6.07, 6.45) is 0. The van der Waals surface area contributed by atoms with Crippen molar-refractivity contribution in [2.24, 2.45) is 0 Å². The first-order chi connectivity index (χ1) is 28.2. The lowest BCUT2D eigenvalue weighted by Crippen LogP contribution is -1.96. The predicted octanol–water partition coefficient (Wildman–Crippen LogP) is 15.2. The molecule has 0 fully saturated rings. The molecule has 11 aromatic rings. The minimum Gasteiger partial charge on any atom is -0.228 e. The molecular formula is C54H34N2S. The van der Waals surface area contributed by atoms with Crippen LogP contribution in [0.2, 0.25) is 0 Å². The van der Waals surface area contributed by atoms with Crippen LogP contribution in [0.5, 0.6) is 0 Å². The van der Waals surface area contributed by atoms with Gasteiger partial charge in [0.1, 0.15) is 0 Å². The van der Waals surface area contributed by atoms with Crippen LogP contribution in [0.15, 0.2) is 206 Å². The second-order valence-corrected chi connectivity index (χ2v) is 15.7. The van der Waals surface area contributed by atoms with E-state index in [2.05, 4.69) is 182 Å². The van der Waals surface area contributed by atoms with Crippen molar-refractivity contribution in [3.05, 3.63) is 206 Å². The Labute approximate surface area is 335 Å². The van der Waals surface area contributed by atoms with Crippen molar-refractivity contribution >= 4 is 53.1 Å². The van der Waals surface area contributed by atoms with Crippen LogP contribution in [0.4, 0.5) is 0 Å². The zero-order chi connectivity index (χ0) is 37.7. The predicted molar refractivity (Wildman–Crippen MR) is 243 cm³/mol. The van der Waals surface area contributed by atoms with Crippen LogP contribution in [0, 0.1) is 0 Å². The first kappa shape index (κ1) is 33.2. The van der Waals surface area contributed by atoms with Crippen molar-refractivity contribution in [1.82, 2.24) is 9.97 Å². The smallest absolute Gasteiger partial charge is 0.160 e. The monoisotopic (exact) mass is 742 g/mol. The average molecular weight is 743 g/mol. The van der Waals surface area contributed by atoms with Crippen LogP contribution in [-0.4, -0.2) is 9.97 Å². The maximum absolute atomic E-state index is 5.24. The Morgan fingerprint density at radius 2 is 0.754 bits per heavy atom. The molecule has 57 heavy (non-hydrogen) atoms. The molecule has 0 unspecified atom stereocenters. The lowest BCUT2D eigenvalue weighted by Gasteiger charge is -2.14. The van der Waals surface area contributed by atoms with E-state index in [-0.39, 0.29) is 0 Å². The number of hydrogen-bond acceptors (Lipinski definition) is 3. The highest BCUT2D eigenvalue weighted by Gasteiger charge is 2.15. The molecule has 0 aliphatic heterocycles. The van der Waals surface area contributed by atoms with Gasteiger partial charge in [-0.05, 0) is 103 Å². The maximum atomic E-state index is 5.24. The molecule has 2 heterocycles. The third-order valence-corrected chi connectivity index (χ3v) is 12.2. The minimum absolute atomic E-state index is 0.706. The highest BCUT2D eigenvalue weighted by Crippen LogP contribution is 2.40. The van der Waals surface area contributed by atoms with Crippen molar-refractivity contribution in [2.45, 2.75) is 0 Å². The Balaban J connectivity index is 1.07. The van der Waals surface area contributed by atoms with Crippen LogP contribution >= 0.6 is 11.3 Å². The maximum Gasteiger partial charge on any atom is 0.160 e. The molecule has 0 saturated heterocycles. The minimum atomic E-state index is 0.706. The number of benzene rings is 9. The molecule has 0 aliphatic carbocycles. The van der Waals surface area contributed by atoms with Gasteiger partial charge in [0.05, 0.1) is 11.4 Å². The topological polar surface area (TPSA) is 25.8 Å². The molecular weight excluding hydrogens is 709 g/mol. The second-order valence-electron chi connectivity index (χ2n) is 14.6. The molecule has 0 spiro atoms. The summed E-state index contributed by atoms with van der Waals surface area (Å²) < 4.78 is 2.60. The largest absolute Gasteiger partial charge is 0.228 e. The van der Waals surface area contributed by atoms with Gasteiger partial charge in [0, 0.05) is 36.9 Å². The summed E-state index contributed by atoms with van der Waals surface area (Å²) in [5.74, 6) is 0.706. The molecule has 0 bridgehead atoms. The lowest BCUT2D eigenvalue weighted by atomic mass is 9.92. The highest BCUT2D eigenvalue weighted by molar-refractivity contribution is 7.25. The number of hydrogen-bond donors (Lipinski definition) is 0. The average Bonchev–Trinajstić information content (AvgIpc) is 3.67. The van der Waals surface area contributed by atoms with E-state index in [0.717, 1.165) is 44.8 Å². The van der Waals surface area contributed by atoms with E-state index in [9.17, 15) is 0 Å². The van der Waals surface area contributed by atoms with Gasteiger partial charge in [-0.1, -0.05) is 158 Å². The van der Waals surface area contributed by atoms with Crippen LogP contribution in [0.1, 0.15) is 0 Å². The zero-order valence-electron chi connectivity index (χ0n) is 30.9. The highest BCUT2D eigenvalue weighted by atomic mass is 32.1. The SMILES string of the molecule is c1ccc(-c2cc(-c3cc(-c4ccc(-c5ccc6ccc7ccccc7c6c5)cc4)cc(-c4ccc5sc6ccccc6c5c4)c3)nc(-c3ccccc3)n2)cc1. The molecule has 9 aromatic carbocycles. The fourth-order valence-electron chi connectivity index (χ4n) is 8.12. The zero-order valence-corrected chi connectivity index (χ0v) is 31.7. The molecule has 2 aromatic heterocycles. The molecule has 0 atom stereocenters. The summed E-state index contributed by atoms with van der Waals surface area (Å²) in [6, 6.07) is 74.2. The van der Waals surface area contributed by atoms with Gasteiger partial charge >= 0.3 is 0 Å². The number of fused-ring (bicyclic) bond motifs is 6. The molecule has 0 aliphatic rings. The van der Waals surface area contributed by atoms with E-state index in [0.29, 0.717) is 5.82 Å². The standard InChI is InChI=1S/C54H34N2S/c1-3-12-39(13-4-1)50-34-51(56-54(55-50)40-14-5-2-6-15-40)45-30-43(29-44(31-45)42-27-28-53-49(33-42)47-17-9-10-18-52(47)57-53)36-21-19-35(20-22-36)41-26-25-38-24-23-37-11-7-8-16-46(37)48(38)32-41/h1-34H. The Morgan fingerprint density at radius 1 is 0.263 bits per heavy atom. The van der Waals surface area contributed by atoms with E-state index in [1.165, 1.54) is 58.4 Å². The van der Waals surface area contributed by atoms with Gasteiger partial charge in [-0.3, -0.25) is 0 Å². The Kier molecular flexibility index (Phi) is 8.04. The summed E-state index contributed by atoms with van der Waals surface area (Å²) in [5, 5.41) is 7.65. The van der Waals surface area contributed by atoms with Crippen LogP contribution in [-0.2, 0) is 0 Å². The van der Waals surface area contributed by atoms with Crippen molar-refractivity contribution < 1.29 is 0 Å². The Morgan fingerprint density at radius 3 is 1.53 bits per heavy atom. The van der Waals surface area contributed by atoms with Crippen molar-refractivity contribution in [1.29, 1.82) is 0 Å². The third-order valence-electron chi connectivity index (χ3n) is 11.1. The first-order valence-corrected chi connectivity index (χ1v) is 20.1. The van der Waals surface area contributed by atoms with Crippen LogP contribution in [0.3, 0.4) is 0 Å². The van der Waals surface area contributed by atoms with Crippen LogP contribution < -0.4 is 0 Å². The quantitative estimate of drug-likeness (QED) is 0.159. The normalized spacial score (nSPS) is 11.5. The summed E-state index contributed by atoms with van der Waals surface area (Å²) in [4.78, 5) is 10.3. The molecule has 266 valence electrons. The molecule has 0 radical (unpaired) electrons. The van der Waals surface area contributed by atoms with Gasteiger partial charge in [0.15, 0.2) is 5.82 Å².